The Kier molecular flexibility index (Phi) is 6.67. The zero-order valence-corrected chi connectivity index (χ0v) is 14.8. The van der Waals surface area contributed by atoms with Crippen molar-refractivity contribution >= 4 is 5.91 Å². The Bertz CT molecular complexity index is 561. The fourth-order valence-corrected chi connectivity index (χ4v) is 3.48. The average molecular weight is 347 g/mol. The van der Waals surface area contributed by atoms with Crippen LogP contribution in [0.2, 0.25) is 0 Å². The van der Waals surface area contributed by atoms with Crippen LogP contribution in [-0.4, -0.2) is 56.3 Å². The molecule has 1 amide bonds. The molecule has 1 heterocycles. The van der Waals surface area contributed by atoms with Gasteiger partial charge in [-0.15, -0.1) is 0 Å². The average Bonchev–Trinajstić information content (AvgIpc) is 3.08. The third-order valence-electron chi connectivity index (χ3n) is 5.04. The molecule has 0 radical (unpaired) electrons. The zero-order chi connectivity index (χ0) is 17.5. The van der Waals surface area contributed by atoms with Gasteiger partial charge >= 0.3 is 0 Å². The molecular formula is C19H29N3O3. The molecular weight excluding hydrogens is 318 g/mol. The number of para-hydroxylation sites is 1. The van der Waals surface area contributed by atoms with Crippen molar-refractivity contribution in [3.05, 3.63) is 29.8 Å². The maximum Gasteiger partial charge on any atom is 0.223 e. The van der Waals surface area contributed by atoms with Gasteiger partial charge in [-0.1, -0.05) is 18.2 Å². The van der Waals surface area contributed by atoms with Gasteiger partial charge in [0.2, 0.25) is 5.91 Å². The van der Waals surface area contributed by atoms with E-state index >= 15 is 0 Å². The van der Waals surface area contributed by atoms with Crippen LogP contribution in [0.25, 0.3) is 0 Å². The number of rotatable bonds is 7. The van der Waals surface area contributed by atoms with Crippen molar-refractivity contribution in [3.8, 4) is 5.75 Å². The van der Waals surface area contributed by atoms with Crippen LogP contribution >= 0.6 is 0 Å². The molecule has 2 unspecified atom stereocenters. The van der Waals surface area contributed by atoms with Gasteiger partial charge in [0.1, 0.15) is 12.4 Å². The summed E-state index contributed by atoms with van der Waals surface area (Å²) in [4.78, 5) is 14.6. The minimum atomic E-state index is 0.0596. The Morgan fingerprint density at radius 3 is 2.84 bits per heavy atom. The lowest BCUT2D eigenvalue weighted by molar-refractivity contribution is -0.125. The standard InChI is InChI=1S/C19H29N3O3/c20-17-6-5-15(13-17)19(23)21-14-16-3-1-2-4-18(16)25-12-9-22-7-10-24-11-8-22/h1-4,15,17H,5-14,20H2,(H,21,23). The van der Waals surface area contributed by atoms with Gasteiger partial charge in [0, 0.05) is 43.7 Å². The summed E-state index contributed by atoms with van der Waals surface area (Å²) in [6.07, 6.45) is 2.63. The number of nitrogens with two attached hydrogens (primary N) is 1. The molecule has 3 N–H and O–H groups in total. The minimum Gasteiger partial charge on any atom is -0.492 e. The van der Waals surface area contributed by atoms with E-state index in [2.05, 4.69) is 10.2 Å². The van der Waals surface area contributed by atoms with E-state index in [9.17, 15) is 4.79 Å². The Hall–Kier alpha value is -1.63. The minimum absolute atomic E-state index is 0.0596. The number of benzene rings is 1. The summed E-state index contributed by atoms with van der Waals surface area (Å²) in [6, 6.07) is 8.08. The highest BCUT2D eigenvalue weighted by Crippen LogP contribution is 2.24. The monoisotopic (exact) mass is 347 g/mol. The molecule has 1 aliphatic carbocycles. The first-order chi connectivity index (χ1) is 12.2. The Balaban J connectivity index is 1.46. The van der Waals surface area contributed by atoms with Gasteiger partial charge in [-0.3, -0.25) is 9.69 Å². The molecule has 2 aliphatic rings. The number of morpholine rings is 1. The number of amides is 1. The highest BCUT2D eigenvalue weighted by atomic mass is 16.5. The largest absolute Gasteiger partial charge is 0.492 e. The molecule has 1 aliphatic heterocycles. The van der Waals surface area contributed by atoms with Crippen LogP contribution in [0.15, 0.2) is 24.3 Å². The van der Waals surface area contributed by atoms with E-state index < -0.39 is 0 Å². The molecule has 1 aromatic rings. The van der Waals surface area contributed by atoms with Crippen molar-refractivity contribution in [3.63, 3.8) is 0 Å². The quantitative estimate of drug-likeness (QED) is 0.773. The topological polar surface area (TPSA) is 76.8 Å². The number of carbonyl (C=O) groups excluding carboxylic acids is 1. The fraction of sp³-hybridized carbons (Fsp3) is 0.632. The molecule has 0 spiro atoms. The van der Waals surface area contributed by atoms with Crippen LogP contribution < -0.4 is 15.8 Å². The summed E-state index contributed by atoms with van der Waals surface area (Å²) in [5.41, 5.74) is 6.91. The molecule has 3 rings (SSSR count). The molecule has 25 heavy (non-hydrogen) atoms. The third-order valence-corrected chi connectivity index (χ3v) is 5.04. The van der Waals surface area contributed by atoms with Gasteiger partial charge in [0.15, 0.2) is 0 Å². The number of nitrogens with zero attached hydrogens (tertiary/aromatic N) is 1. The maximum absolute atomic E-state index is 12.3. The van der Waals surface area contributed by atoms with E-state index in [4.69, 9.17) is 15.2 Å². The second-order valence-corrected chi connectivity index (χ2v) is 6.90. The van der Waals surface area contributed by atoms with Gasteiger partial charge in [0.05, 0.1) is 13.2 Å². The fourth-order valence-electron chi connectivity index (χ4n) is 3.48. The van der Waals surface area contributed by atoms with Crippen LogP contribution in [0.5, 0.6) is 5.75 Å². The molecule has 1 aromatic carbocycles. The predicted molar refractivity (Wildman–Crippen MR) is 96.4 cm³/mol. The first-order valence-electron chi connectivity index (χ1n) is 9.26. The van der Waals surface area contributed by atoms with Crippen LogP contribution in [-0.2, 0) is 16.1 Å². The van der Waals surface area contributed by atoms with Crippen molar-refractivity contribution in [2.45, 2.75) is 31.8 Å². The molecule has 138 valence electrons. The van der Waals surface area contributed by atoms with E-state index in [0.29, 0.717) is 13.2 Å². The maximum atomic E-state index is 12.3. The first-order valence-corrected chi connectivity index (χ1v) is 9.26. The predicted octanol–water partition coefficient (Wildman–Crippen LogP) is 1.14. The number of ether oxygens (including phenoxy) is 2. The summed E-state index contributed by atoms with van der Waals surface area (Å²) in [7, 11) is 0. The highest BCUT2D eigenvalue weighted by molar-refractivity contribution is 5.79. The Morgan fingerprint density at radius 1 is 1.28 bits per heavy atom. The summed E-state index contributed by atoms with van der Waals surface area (Å²) in [6.45, 7) is 5.56. The number of hydrogen-bond donors (Lipinski definition) is 2. The van der Waals surface area contributed by atoms with Gasteiger partial charge in [0.25, 0.3) is 0 Å². The van der Waals surface area contributed by atoms with Crippen LogP contribution in [0, 0.1) is 5.92 Å². The smallest absolute Gasteiger partial charge is 0.223 e. The van der Waals surface area contributed by atoms with Gasteiger partial charge in [-0.05, 0) is 25.3 Å². The molecule has 0 aromatic heterocycles. The van der Waals surface area contributed by atoms with E-state index in [1.54, 1.807) is 0 Å². The van der Waals surface area contributed by atoms with Crippen molar-refractivity contribution in [1.82, 2.24) is 10.2 Å². The molecule has 6 nitrogen and oxygen atoms in total. The van der Waals surface area contributed by atoms with E-state index in [-0.39, 0.29) is 17.9 Å². The molecule has 0 bridgehead atoms. The van der Waals surface area contributed by atoms with Crippen molar-refractivity contribution < 1.29 is 14.3 Å². The third kappa shape index (κ3) is 5.42. The van der Waals surface area contributed by atoms with Crippen LogP contribution in [0.4, 0.5) is 0 Å². The second kappa shape index (κ2) is 9.17. The SMILES string of the molecule is NC1CCC(C(=O)NCc2ccccc2OCCN2CCOCC2)C1. The number of nitrogens with one attached hydrogen (secondary N) is 1. The number of carbonyl (C=O) groups is 1. The van der Waals surface area contributed by atoms with Gasteiger partial charge < -0.3 is 20.5 Å². The summed E-state index contributed by atoms with van der Waals surface area (Å²) < 4.78 is 11.3. The Labute approximate surface area is 149 Å². The van der Waals surface area contributed by atoms with Crippen molar-refractivity contribution in [1.29, 1.82) is 0 Å². The van der Waals surface area contributed by atoms with Gasteiger partial charge in [-0.25, -0.2) is 0 Å². The summed E-state index contributed by atoms with van der Waals surface area (Å²) >= 11 is 0. The van der Waals surface area contributed by atoms with Crippen LogP contribution in [0.1, 0.15) is 24.8 Å². The Morgan fingerprint density at radius 2 is 2.08 bits per heavy atom. The lowest BCUT2D eigenvalue weighted by Gasteiger charge is -2.26. The molecule has 6 heteroatoms. The normalized spacial score (nSPS) is 24.2. The van der Waals surface area contributed by atoms with E-state index in [1.165, 1.54) is 0 Å². The van der Waals surface area contributed by atoms with E-state index in [1.807, 2.05) is 24.3 Å². The molecule has 1 saturated carbocycles. The molecule has 2 fully saturated rings. The highest BCUT2D eigenvalue weighted by Gasteiger charge is 2.27. The summed E-state index contributed by atoms with van der Waals surface area (Å²) in [5, 5.41) is 3.04. The lowest BCUT2D eigenvalue weighted by Crippen LogP contribution is -2.38. The summed E-state index contributed by atoms with van der Waals surface area (Å²) in [5.74, 6) is 1.01. The van der Waals surface area contributed by atoms with Crippen molar-refractivity contribution in [2.75, 3.05) is 39.5 Å². The lowest BCUT2D eigenvalue weighted by atomic mass is 10.1. The first kappa shape index (κ1) is 18.2. The molecule has 2 atom stereocenters. The van der Waals surface area contributed by atoms with Crippen molar-refractivity contribution in [2.24, 2.45) is 11.7 Å². The van der Waals surface area contributed by atoms with E-state index in [0.717, 1.165) is 63.4 Å². The number of hydrogen-bond acceptors (Lipinski definition) is 5. The molecule has 1 saturated heterocycles. The van der Waals surface area contributed by atoms with Gasteiger partial charge in [-0.2, -0.15) is 0 Å². The van der Waals surface area contributed by atoms with Crippen LogP contribution in [0.3, 0.4) is 0 Å². The zero-order valence-electron chi connectivity index (χ0n) is 14.8. The second-order valence-electron chi connectivity index (χ2n) is 6.90.